The van der Waals surface area contributed by atoms with Gasteiger partial charge in [-0.2, -0.15) is 0 Å². The fraction of sp³-hybridized carbons (Fsp3) is 0.0435. The molecule has 1 aromatic heterocycles. The molecule has 6 nitrogen and oxygen atoms in total. The maximum absolute atomic E-state index is 12.5. The number of para-hydroxylation sites is 1. The SMILES string of the molecule is Cl.NCc1cc(=O)c2ccc(Oc3cccc(C(=O)Nc4ccccc4)c3)cc2o1. The summed E-state index contributed by atoms with van der Waals surface area (Å²) in [5, 5.41) is 3.29. The molecule has 0 aliphatic rings. The van der Waals surface area contributed by atoms with Crippen molar-refractivity contribution in [2.75, 3.05) is 5.32 Å². The maximum atomic E-state index is 12.5. The quantitative estimate of drug-likeness (QED) is 0.485. The molecule has 0 saturated heterocycles. The number of hydrogen-bond donors (Lipinski definition) is 2. The highest BCUT2D eigenvalue weighted by molar-refractivity contribution is 6.04. The molecular weight excluding hydrogens is 404 g/mol. The Balaban J connectivity index is 0.00000256. The van der Waals surface area contributed by atoms with Crippen LogP contribution >= 0.6 is 12.4 Å². The molecule has 0 radical (unpaired) electrons. The number of nitrogens with two attached hydrogens (primary N) is 1. The zero-order valence-corrected chi connectivity index (χ0v) is 16.6. The summed E-state index contributed by atoms with van der Waals surface area (Å²) in [6.45, 7) is 0.134. The molecule has 7 heteroatoms. The van der Waals surface area contributed by atoms with Crippen LogP contribution in [0, 0.1) is 0 Å². The number of carbonyl (C=O) groups excluding carboxylic acids is 1. The average molecular weight is 423 g/mol. The minimum atomic E-state index is -0.237. The third-order valence-corrected chi connectivity index (χ3v) is 4.32. The predicted octanol–water partition coefficient (Wildman–Crippen LogP) is 4.72. The van der Waals surface area contributed by atoms with E-state index in [4.69, 9.17) is 14.9 Å². The number of anilines is 1. The Labute approximate surface area is 178 Å². The molecule has 30 heavy (non-hydrogen) atoms. The van der Waals surface area contributed by atoms with Crippen molar-refractivity contribution in [3.8, 4) is 11.5 Å². The number of rotatable bonds is 5. The Bertz CT molecular complexity index is 1240. The molecule has 4 aromatic rings. The van der Waals surface area contributed by atoms with Gasteiger partial charge in [-0.3, -0.25) is 9.59 Å². The van der Waals surface area contributed by atoms with Crippen LogP contribution in [0.1, 0.15) is 16.1 Å². The highest BCUT2D eigenvalue weighted by Crippen LogP contribution is 2.26. The minimum Gasteiger partial charge on any atom is -0.459 e. The van der Waals surface area contributed by atoms with Gasteiger partial charge >= 0.3 is 0 Å². The van der Waals surface area contributed by atoms with Crippen molar-refractivity contribution in [1.29, 1.82) is 0 Å². The van der Waals surface area contributed by atoms with E-state index < -0.39 is 0 Å². The van der Waals surface area contributed by atoms with Crippen LogP contribution in [-0.2, 0) is 6.54 Å². The molecule has 0 aliphatic carbocycles. The van der Waals surface area contributed by atoms with Crippen LogP contribution in [0.5, 0.6) is 11.5 Å². The van der Waals surface area contributed by atoms with Gasteiger partial charge in [0.1, 0.15) is 22.8 Å². The van der Waals surface area contributed by atoms with Gasteiger partial charge in [0, 0.05) is 23.4 Å². The Hall–Kier alpha value is -3.61. The summed E-state index contributed by atoms with van der Waals surface area (Å²) in [6.07, 6.45) is 0. The van der Waals surface area contributed by atoms with E-state index in [1.165, 1.54) is 6.07 Å². The van der Waals surface area contributed by atoms with E-state index >= 15 is 0 Å². The summed E-state index contributed by atoms with van der Waals surface area (Å²) in [5.41, 5.74) is 6.99. The lowest BCUT2D eigenvalue weighted by Crippen LogP contribution is -2.11. The Morgan fingerprint density at radius 1 is 0.933 bits per heavy atom. The van der Waals surface area contributed by atoms with Gasteiger partial charge in [-0.15, -0.1) is 12.4 Å². The van der Waals surface area contributed by atoms with Gasteiger partial charge in [-0.05, 0) is 42.5 Å². The third-order valence-electron chi connectivity index (χ3n) is 4.32. The van der Waals surface area contributed by atoms with Crippen LogP contribution in [0.2, 0.25) is 0 Å². The predicted molar refractivity (Wildman–Crippen MR) is 119 cm³/mol. The van der Waals surface area contributed by atoms with E-state index in [0.717, 1.165) is 0 Å². The Morgan fingerprint density at radius 3 is 2.47 bits per heavy atom. The molecule has 4 rings (SSSR count). The summed E-state index contributed by atoms with van der Waals surface area (Å²) >= 11 is 0. The monoisotopic (exact) mass is 422 g/mol. The molecule has 152 valence electrons. The first-order valence-electron chi connectivity index (χ1n) is 9.03. The van der Waals surface area contributed by atoms with Crippen molar-refractivity contribution in [2.24, 2.45) is 5.73 Å². The standard InChI is InChI=1S/C23H18N2O4.ClH/c24-14-19-12-21(26)20-10-9-18(13-22(20)29-19)28-17-8-4-5-15(11-17)23(27)25-16-6-2-1-3-7-16;/h1-13H,14,24H2,(H,25,27);1H. The molecule has 0 spiro atoms. The lowest BCUT2D eigenvalue weighted by molar-refractivity contribution is 0.102. The smallest absolute Gasteiger partial charge is 0.255 e. The topological polar surface area (TPSA) is 94.6 Å². The minimum absolute atomic E-state index is 0. The van der Waals surface area contributed by atoms with Gasteiger partial charge < -0.3 is 20.2 Å². The molecule has 0 atom stereocenters. The second-order valence-corrected chi connectivity index (χ2v) is 6.39. The molecule has 0 aliphatic heterocycles. The molecule has 0 saturated carbocycles. The largest absolute Gasteiger partial charge is 0.459 e. The first-order chi connectivity index (χ1) is 14.1. The molecule has 1 amide bonds. The number of halogens is 1. The molecule has 3 N–H and O–H groups in total. The molecular formula is C23H19ClN2O4. The summed E-state index contributed by atoms with van der Waals surface area (Å²) in [4.78, 5) is 24.6. The molecule has 1 heterocycles. The van der Waals surface area contributed by atoms with Crippen molar-refractivity contribution in [3.05, 3.63) is 100 Å². The van der Waals surface area contributed by atoms with Crippen molar-refractivity contribution in [2.45, 2.75) is 6.54 Å². The van der Waals surface area contributed by atoms with Crippen LogP contribution in [0.15, 0.2) is 88.1 Å². The lowest BCUT2D eigenvalue weighted by Gasteiger charge is -2.09. The second kappa shape index (κ2) is 9.26. The fourth-order valence-electron chi connectivity index (χ4n) is 2.91. The van der Waals surface area contributed by atoms with Gasteiger partial charge in [0.25, 0.3) is 5.91 Å². The molecule has 3 aromatic carbocycles. The first kappa shape index (κ1) is 21.1. The number of hydrogen-bond acceptors (Lipinski definition) is 5. The van der Waals surface area contributed by atoms with E-state index in [1.807, 2.05) is 30.3 Å². The van der Waals surface area contributed by atoms with Crippen LogP contribution in [0.3, 0.4) is 0 Å². The van der Waals surface area contributed by atoms with Crippen LogP contribution in [0.25, 0.3) is 11.0 Å². The summed E-state index contributed by atoms with van der Waals surface area (Å²) in [7, 11) is 0. The van der Waals surface area contributed by atoms with E-state index in [-0.39, 0.29) is 30.3 Å². The van der Waals surface area contributed by atoms with Crippen LogP contribution in [-0.4, -0.2) is 5.91 Å². The Morgan fingerprint density at radius 2 is 1.70 bits per heavy atom. The van der Waals surface area contributed by atoms with Gasteiger partial charge in [0.15, 0.2) is 5.43 Å². The van der Waals surface area contributed by atoms with E-state index in [2.05, 4.69) is 5.32 Å². The average Bonchev–Trinajstić information content (AvgIpc) is 2.74. The molecule has 0 bridgehead atoms. The maximum Gasteiger partial charge on any atom is 0.255 e. The third kappa shape index (κ3) is 4.68. The van der Waals surface area contributed by atoms with Gasteiger partial charge in [0.05, 0.1) is 11.9 Å². The van der Waals surface area contributed by atoms with Crippen LogP contribution < -0.4 is 21.2 Å². The number of fused-ring (bicyclic) bond motifs is 1. The van der Waals surface area contributed by atoms with Crippen LogP contribution in [0.4, 0.5) is 5.69 Å². The summed E-state index contributed by atoms with van der Waals surface area (Å²) < 4.78 is 11.5. The Kier molecular flexibility index (Phi) is 6.51. The lowest BCUT2D eigenvalue weighted by atomic mass is 10.2. The van der Waals surface area contributed by atoms with E-state index in [1.54, 1.807) is 42.5 Å². The van der Waals surface area contributed by atoms with Gasteiger partial charge in [-0.1, -0.05) is 24.3 Å². The van der Waals surface area contributed by atoms with E-state index in [9.17, 15) is 9.59 Å². The number of nitrogens with one attached hydrogen (secondary N) is 1. The number of ether oxygens (including phenoxy) is 1. The van der Waals surface area contributed by atoms with Gasteiger partial charge in [0.2, 0.25) is 0 Å². The first-order valence-corrected chi connectivity index (χ1v) is 9.03. The highest BCUT2D eigenvalue weighted by Gasteiger charge is 2.09. The highest BCUT2D eigenvalue weighted by atomic mass is 35.5. The number of carbonyl (C=O) groups is 1. The molecule has 0 unspecified atom stereocenters. The van der Waals surface area contributed by atoms with Crippen molar-refractivity contribution in [3.63, 3.8) is 0 Å². The summed E-state index contributed by atoms with van der Waals surface area (Å²) in [5.74, 6) is 1.14. The zero-order valence-electron chi connectivity index (χ0n) is 15.8. The fourth-order valence-corrected chi connectivity index (χ4v) is 2.91. The van der Waals surface area contributed by atoms with Gasteiger partial charge in [-0.25, -0.2) is 0 Å². The molecule has 0 fully saturated rings. The summed E-state index contributed by atoms with van der Waals surface area (Å²) in [6, 6.07) is 22.4. The van der Waals surface area contributed by atoms with Crippen molar-refractivity contribution in [1.82, 2.24) is 0 Å². The number of benzene rings is 3. The van der Waals surface area contributed by atoms with Crippen molar-refractivity contribution < 1.29 is 13.9 Å². The number of amides is 1. The second-order valence-electron chi connectivity index (χ2n) is 6.39. The van der Waals surface area contributed by atoms with E-state index in [0.29, 0.717) is 39.5 Å². The van der Waals surface area contributed by atoms with Crippen molar-refractivity contribution >= 4 is 35.0 Å². The normalized spacial score (nSPS) is 10.3. The zero-order chi connectivity index (χ0) is 20.2.